The summed E-state index contributed by atoms with van der Waals surface area (Å²) < 4.78 is 1.69. The molecule has 0 radical (unpaired) electrons. The summed E-state index contributed by atoms with van der Waals surface area (Å²) in [4.78, 5) is 18.7. The summed E-state index contributed by atoms with van der Waals surface area (Å²) in [6, 6.07) is 1.60. The zero-order valence-corrected chi connectivity index (χ0v) is 15.6. The summed E-state index contributed by atoms with van der Waals surface area (Å²) in [6.07, 6.45) is 2.16. The highest BCUT2D eigenvalue weighted by Crippen LogP contribution is 2.29. The predicted octanol–water partition coefficient (Wildman–Crippen LogP) is 2.16. The monoisotopic (exact) mass is 385 g/mol. The summed E-state index contributed by atoms with van der Waals surface area (Å²) in [6.45, 7) is 4.53. The molecule has 1 aliphatic rings. The molecule has 3 heterocycles. The molecule has 3 rings (SSSR count). The minimum Gasteiger partial charge on any atom is -0.390 e. The number of pyridine rings is 1. The molecule has 1 fully saturated rings. The molecule has 1 aliphatic heterocycles. The van der Waals surface area contributed by atoms with Gasteiger partial charge in [-0.3, -0.25) is 4.79 Å². The second kappa shape index (κ2) is 6.76. The SMILES string of the molecule is CC1(C)C[C@@H](O)[C@@H](O)CN(C(=O)Cc2cn3cc(Cl)cc(Cl)c3n2)C1. The van der Waals surface area contributed by atoms with Crippen LogP contribution in [0, 0.1) is 5.41 Å². The third kappa shape index (κ3) is 4.08. The average Bonchev–Trinajstić information content (AvgIpc) is 2.83. The van der Waals surface area contributed by atoms with Crippen LogP contribution in [0.15, 0.2) is 18.5 Å². The quantitative estimate of drug-likeness (QED) is 0.829. The van der Waals surface area contributed by atoms with Crippen molar-refractivity contribution in [2.45, 2.75) is 38.9 Å². The Labute approximate surface area is 156 Å². The first kappa shape index (κ1) is 18.5. The van der Waals surface area contributed by atoms with Crippen LogP contribution in [-0.2, 0) is 11.2 Å². The van der Waals surface area contributed by atoms with E-state index in [4.69, 9.17) is 23.2 Å². The molecule has 1 saturated heterocycles. The van der Waals surface area contributed by atoms with Crippen molar-refractivity contribution in [3.05, 3.63) is 34.2 Å². The fraction of sp³-hybridized carbons (Fsp3) is 0.529. The number of carbonyl (C=O) groups excluding carboxylic acids is 1. The maximum absolute atomic E-state index is 12.7. The van der Waals surface area contributed by atoms with Gasteiger partial charge < -0.3 is 19.5 Å². The number of halogens is 2. The van der Waals surface area contributed by atoms with E-state index in [9.17, 15) is 15.0 Å². The molecule has 0 bridgehead atoms. The van der Waals surface area contributed by atoms with Crippen molar-refractivity contribution in [3.63, 3.8) is 0 Å². The molecule has 2 atom stereocenters. The topological polar surface area (TPSA) is 78.1 Å². The number of hydrogen-bond acceptors (Lipinski definition) is 4. The van der Waals surface area contributed by atoms with E-state index < -0.39 is 12.2 Å². The van der Waals surface area contributed by atoms with Crippen LogP contribution < -0.4 is 0 Å². The molecule has 2 aromatic rings. The maximum Gasteiger partial charge on any atom is 0.228 e. The van der Waals surface area contributed by atoms with E-state index in [2.05, 4.69) is 4.98 Å². The minimum absolute atomic E-state index is 0.0918. The van der Waals surface area contributed by atoms with Crippen molar-refractivity contribution in [2.24, 2.45) is 5.41 Å². The number of fused-ring (bicyclic) bond motifs is 1. The summed E-state index contributed by atoms with van der Waals surface area (Å²) in [5, 5.41) is 21.0. The fourth-order valence-electron chi connectivity index (χ4n) is 3.31. The van der Waals surface area contributed by atoms with Crippen LogP contribution in [0.1, 0.15) is 26.0 Å². The molecule has 136 valence electrons. The van der Waals surface area contributed by atoms with E-state index in [-0.39, 0.29) is 24.3 Å². The molecule has 0 aliphatic carbocycles. The number of aliphatic hydroxyl groups excluding tert-OH is 2. The third-order valence-corrected chi connectivity index (χ3v) is 4.92. The molecule has 6 nitrogen and oxygen atoms in total. The van der Waals surface area contributed by atoms with Crippen molar-refractivity contribution in [3.8, 4) is 0 Å². The molecular formula is C17H21Cl2N3O3. The molecule has 0 aromatic carbocycles. The van der Waals surface area contributed by atoms with Gasteiger partial charge in [0.15, 0.2) is 5.65 Å². The zero-order chi connectivity index (χ0) is 18.4. The lowest BCUT2D eigenvalue weighted by atomic mass is 9.86. The van der Waals surface area contributed by atoms with Gasteiger partial charge in [-0.2, -0.15) is 0 Å². The van der Waals surface area contributed by atoms with Crippen LogP contribution in [0.3, 0.4) is 0 Å². The lowest BCUT2D eigenvalue weighted by molar-refractivity contribution is -0.132. The van der Waals surface area contributed by atoms with Gasteiger partial charge in [0.25, 0.3) is 0 Å². The summed E-state index contributed by atoms with van der Waals surface area (Å²) in [7, 11) is 0. The Morgan fingerprint density at radius 1 is 1.32 bits per heavy atom. The number of amides is 1. The van der Waals surface area contributed by atoms with Crippen LogP contribution in [0.4, 0.5) is 0 Å². The Kier molecular flexibility index (Phi) is 4.99. The number of rotatable bonds is 2. The molecular weight excluding hydrogens is 365 g/mol. The smallest absolute Gasteiger partial charge is 0.228 e. The highest BCUT2D eigenvalue weighted by Gasteiger charge is 2.35. The van der Waals surface area contributed by atoms with Crippen molar-refractivity contribution in [1.82, 2.24) is 14.3 Å². The molecule has 2 N–H and O–H groups in total. The number of likely N-dealkylation sites (tertiary alicyclic amines) is 1. The minimum atomic E-state index is -0.944. The van der Waals surface area contributed by atoms with Crippen LogP contribution in [0.2, 0.25) is 10.0 Å². The first-order valence-electron chi connectivity index (χ1n) is 8.11. The Morgan fingerprint density at radius 2 is 2.04 bits per heavy atom. The number of carbonyl (C=O) groups is 1. The van der Waals surface area contributed by atoms with Crippen LogP contribution in [0.5, 0.6) is 0 Å². The van der Waals surface area contributed by atoms with E-state index in [1.807, 2.05) is 13.8 Å². The maximum atomic E-state index is 12.7. The third-order valence-electron chi connectivity index (χ3n) is 4.44. The number of nitrogens with zero attached hydrogens (tertiary/aromatic N) is 3. The number of β-amino-alcohol motifs (C(OH)–C–C–N with tert-alkyl or cyclic N) is 1. The van der Waals surface area contributed by atoms with Crippen molar-refractivity contribution in [2.75, 3.05) is 13.1 Å². The Morgan fingerprint density at radius 3 is 2.76 bits per heavy atom. The molecule has 8 heteroatoms. The molecule has 0 saturated carbocycles. The molecule has 2 aromatic heterocycles. The summed E-state index contributed by atoms with van der Waals surface area (Å²) >= 11 is 12.1. The van der Waals surface area contributed by atoms with Gasteiger partial charge in [0.2, 0.25) is 5.91 Å². The van der Waals surface area contributed by atoms with E-state index >= 15 is 0 Å². The van der Waals surface area contributed by atoms with Crippen molar-refractivity contribution in [1.29, 1.82) is 0 Å². The standard InChI is InChI=1S/C17H21Cl2N3O3/c1-17(2)5-13(23)14(24)8-22(9-17)15(25)4-11-7-21-6-10(18)3-12(19)16(21)20-11/h3,6-7,13-14,23-24H,4-5,8-9H2,1-2H3/t13-,14+/m1/s1. The van der Waals surface area contributed by atoms with Gasteiger partial charge in [0, 0.05) is 25.5 Å². The van der Waals surface area contributed by atoms with Crippen LogP contribution in [-0.4, -0.2) is 55.7 Å². The number of aromatic nitrogens is 2. The van der Waals surface area contributed by atoms with Crippen molar-refractivity contribution < 1.29 is 15.0 Å². The Balaban J connectivity index is 1.80. The normalized spacial score (nSPS) is 23.7. The summed E-state index contributed by atoms with van der Waals surface area (Å²) in [5.41, 5.74) is 0.842. The van der Waals surface area contributed by atoms with Gasteiger partial charge in [-0.05, 0) is 17.9 Å². The van der Waals surface area contributed by atoms with Gasteiger partial charge in [-0.25, -0.2) is 4.98 Å². The highest BCUT2D eigenvalue weighted by atomic mass is 35.5. The van der Waals surface area contributed by atoms with Gasteiger partial charge >= 0.3 is 0 Å². The second-order valence-electron chi connectivity index (χ2n) is 7.42. The van der Waals surface area contributed by atoms with E-state index in [0.717, 1.165) is 0 Å². The van der Waals surface area contributed by atoms with Crippen LogP contribution >= 0.6 is 23.2 Å². The lowest BCUT2D eigenvalue weighted by Crippen LogP contribution is -2.41. The van der Waals surface area contributed by atoms with Gasteiger partial charge in [-0.1, -0.05) is 37.0 Å². The average molecular weight is 386 g/mol. The second-order valence-corrected chi connectivity index (χ2v) is 8.27. The van der Waals surface area contributed by atoms with Gasteiger partial charge in [0.1, 0.15) is 0 Å². The fourth-order valence-corrected chi connectivity index (χ4v) is 3.84. The molecule has 25 heavy (non-hydrogen) atoms. The highest BCUT2D eigenvalue weighted by molar-refractivity contribution is 6.36. The lowest BCUT2D eigenvalue weighted by Gasteiger charge is -2.29. The van der Waals surface area contributed by atoms with E-state index in [1.165, 1.54) is 0 Å². The van der Waals surface area contributed by atoms with Gasteiger partial charge in [-0.15, -0.1) is 0 Å². The molecule has 0 unspecified atom stereocenters. The predicted molar refractivity (Wildman–Crippen MR) is 95.9 cm³/mol. The van der Waals surface area contributed by atoms with E-state index in [0.29, 0.717) is 34.4 Å². The van der Waals surface area contributed by atoms with Gasteiger partial charge in [0.05, 0.1) is 34.4 Å². The molecule has 1 amide bonds. The zero-order valence-electron chi connectivity index (χ0n) is 14.1. The molecule has 0 spiro atoms. The number of imidazole rings is 1. The first-order chi connectivity index (χ1) is 11.6. The van der Waals surface area contributed by atoms with Crippen molar-refractivity contribution >= 4 is 34.8 Å². The van der Waals surface area contributed by atoms with Crippen LogP contribution in [0.25, 0.3) is 5.65 Å². The summed E-state index contributed by atoms with van der Waals surface area (Å²) in [5.74, 6) is -0.146. The first-order valence-corrected chi connectivity index (χ1v) is 8.87. The van der Waals surface area contributed by atoms with E-state index in [1.54, 1.807) is 27.8 Å². The Bertz CT molecular complexity index is 806. The number of aliphatic hydroxyl groups is 2. The largest absolute Gasteiger partial charge is 0.390 e. The Hall–Kier alpha value is -1.34. The number of hydrogen-bond donors (Lipinski definition) is 2.